The van der Waals surface area contributed by atoms with Crippen molar-refractivity contribution in [2.45, 2.75) is 52.0 Å². The summed E-state index contributed by atoms with van der Waals surface area (Å²) in [4.78, 5) is 12.3. The molecule has 146 valence electrons. The van der Waals surface area contributed by atoms with Crippen molar-refractivity contribution in [1.29, 1.82) is 0 Å². The van der Waals surface area contributed by atoms with Crippen LogP contribution in [0.3, 0.4) is 0 Å². The van der Waals surface area contributed by atoms with Gasteiger partial charge in [-0.1, -0.05) is 24.9 Å². The van der Waals surface area contributed by atoms with Crippen LogP contribution in [0, 0.1) is 0 Å². The number of carbonyl (C=O) groups excluding carboxylic acids is 1. The Hall–Kier alpha value is -2.28. The van der Waals surface area contributed by atoms with E-state index in [9.17, 15) is 4.79 Å². The molecule has 7 nitrogen and oxygen atoms in total. The van der Waals surface area contributed by atoms with Crippen molar-refractivity contribution in [3.05, 3.63) is 34.9 Å². The number of hydrogen-bond donors (Lipinski definition) is 2. The third-order valence-corrected chi connectivity index (χ3v) is 4.71. The fraction of sp³-hybridized carbons (Fsp3) is 0.526. The van der Waals surface area contributed by atoms with Crippen LogP contribution in [0.15, 0.2) is 18.2 Å². The molecule has 27 heavy (non-hydrogen) atoms. The summed E-state index contributed by atoms with van der Waals surface area (Å²) in [5, 5.41) is 14.8. The zero-order valence-electron chi connectivity index (χ0n) is 15.6. The van der Waals surface area contributed by atoms with Crippen LogP contribution in [0.25, 0.3) is 0 Å². The summed E-state index contributed by atoms with van der Waals surface area (Å²) < 4.78 is 7.85. The van der Waals surface area contributed by atoms with Gasteiger partial charge in [0.2, 0.25) is 0 Å². The number of halogens is 1. The maximum atomic E-state index is 12.3. The molecule has 0 saturated carbocycles. The second-order valence-corrected chi connectivity index (χ2v) is 7.05. The largest absolute Gasteiger partial charge is 0.491 e. The Morgan fingerprint density at radius 2 is 2.19 bits per heavy atom. The maximum Gasteiger partial charge on any atom is 0.319 e. The molecule has 0 spiro atoms. The zero-order chi connectivity index (χ0) is 19.1. The van der Waals surface area contributed by atoms with E-state index in [0.717, 1.165) is 37.5 Å². The van der Waals surface area contributed by atoms with Gasteiger partial charge < -0.3 is 19.9 Å². The summed E-state index contributed by atoms with van der Waals surface area (Å²) in [5.41, 5.74) is 0.560. The van der Waals surface area contributed by atoms with Gasteiger partial charge in [0.15, 0.2) is 0 Å². The predicted molar refractivity (Wildman–Crippen MR) is 106 cm³/mol. The van der Waals surface area contributed by atoms with Gasteiger partial charge in [0.1, 0.15) is 17.4 Å². The second-order valence-electron chi connectivity index (χ2n) is 6.61. The number of nitrogens with one attached hydrogen (secondary N) is 2. The van der Waals surface area contributed by atoms with Gasteiger partial charge in [-0.05, 0) is 37.5 Å². The third kappa shape index (κ3) is 5.35. The van der Waals surface area contributed by atoms with Crippen molar-refractivity contribution in [1.82, 2.24) is 20.1 Å². The van der Waals surface area contributed by atoms with E-state index in [1.807, 2.05) is 6.92 Å². The topological polar surface area (TPSA) is 81.1 Å². The molecule has 0 saturated heterocycles. The molecule has 2 heterocycles. The van der Waals surface area contributed by atoms with Crippen molar-refractivity contribution >= 4 is 23.3 Å². The normalized spacial score (nSPS) is 13.6. The highest BCUT2D eigenvalue weighted by atomic mass is 35.5. The lowest BCUT2D eigenvalue weighted by atomic mass is 10.2. The number of nitrogens with zero attached hydrogens (tertiary/aromatic N) is 3. The summed E-state index contributed by atoms with van der Waals surface area (Å²) in [6, 6.07) is 4.89. The molecule has 0 aliphatic carbocycles. The molecule has 2 aromatic rings. The minimum atomic E-state index is -0.297. The maximum absolute atomic E-state index is 12.3. The Morgan fingerprint density at radius 1 is 1.30 bits per heavy atom. The second kappa shape index (κ2) is 9.60. The smallest absolute Gasteiger partial charge is 0.319 e. The van der Waals surface area contributed by atoms with Crippen molar-refractivity contribution in [3.8, 4) is 5.75 Å². The highest BCUT2D eigenvalue weighted by Gasteiger charge is 2.15. The van der Waals surface area contributed by atoms with Gasteiger partial charge in [0, 0.05) is 31.0 Å². The standard InChI is InChI=1S/C19H26ClN5O2/c1-2-12-27-16-8-7-14(20)13-15(16)22-19(26)21-10-9-18-24-23-17-6-4-3-5-11-25(17)18/h7-8,13H,2-6,9-12H2,1H3,(H2,21,22,26). The van der Waals surface area contributed by atoms with E-state index in [1.165, 1.54) is 12.8 Å². The lowest BCUT2D eigenvalue weighted by Crippen LogP contribution is -2.31. The molecule has 8 heteroatoms. The summed E-state index contributed by atoms with van der Waals surface area (Å²) in [7, 11) is 0. The van der Waals surface area contributed by atoms with Gasteiger partial charge >= 0.3 is 6.03 Å². The van der Waals surface area contributed by atoms with E-state index in [-0.39, 0.29) is 6.03 Å². The van der Waals surface area contributed by atoms with E-state index in [0.29, 0.717) is 36.0 Å². The van der Waals surface area contributed by atoms with Crippen LogP contribution < -0.4 is 15.4 Å². The van der Waals surface area contributed by atoms with Crippen molar-refractivity contribution in [2.75, 3.05) is 18.5 Å². The number of rotatable bonds is 7. The van der Waals surface area contributed by atoms with Crippen LogP contribution in [0.1, 0.15) is 44.3 Å². The fourth-order valence-electron chi connectivity index (χ4n) is 3.12. The quantitative estimate of drug-likeness (QED) is 0.751. The fourth-order valence-corrected chi connectivity index (χ4v) is 3.29. The van der Waals surface area contributed by atoms with Crippen molar-refractivity contribution in [2.24, 2.45) is 0 Å². The van der Waals surface area contributed by atoms with E-state index >= 15 is 0 Å². The van der Waals surface area contributed by atoms with Crippen LogP contribution in [0.2, 0.25) is 5.02 Å². The molecule has 0 unspecified atom stereocenters. The lowest BCUT2D eigenvalue weighted by molar-refractivity contribution is 0.252. The van der Waals surface area contributed by atoms with E-state index in [2.05, 4.69) is 25.4 Å². The van der Waals surface area contributed by atoms with Gasteiger partial charge in [-0.2, -0.15) is 0 Å². The van der Waals surface area contributed by atoms with E-state index in [4.69, 9.17) is 16.3 Å². The van der Waals surface area contributed by atoms with Crippen molar-refractivity contribution < 1.29 is 9.53 Å². The number of aryl methyl sites for hydroxylation is 1. The first-order valence-electron chi connectivity index (χ1n) is 9.55. The summed E-state index contributed by atoms with van der Waals surface area (Å²) >= 11 is 6.04. The van der Waals surface area contributed by atoms with Crippen LogP contribution >= 0.6 is 11.6 Å². The van der Waals surface area contributed by atoms with Gasteiger partial charge in [0.25, 0.3) is 0 Å². The summed E-state index contributed by atoms with van der Waals surface area (Å²) in [6.07, 6.45) is 6.07. The molecule has 1 aromatic heterocycles. The minimum absolute atomic E-state index is 0.297. The number of anilines is 1. The van der Waals surface area contributed by atoms with Crippen LogP contribution in [0.5, 0.6) is 5.75 Å². The molecular formula is C19H26ClN5O2. The van der Waals surface area contributed by atoms with Gasteiger partial charge in [-0.25, -0.2) is 4.79 Å². The van der Waals surface area contributed by atoms with Gasteiger partial charge in [-0.15, -0.1) is 10.2 Å². The Kier molecular flexibility index (Phi) is 6.92. The number of hydrogen-bond acceptors (Lipinski definition) is 4. The Bertz CT molecular complexity index is 777. The number of fused-ring (bicyclic) bond motifs is 1. The first-order chi connectivity index (χ1) is 13.2. The van der Waals surface area contributed by atoms with Gasteiger partial charge in [0.05, 0.1) is 12.3 Å². The number of carbonyl (C=O) groups is 1. The number of amides is 2. The Morgan fingerprint density at radius 3 is 3.04 bits per heavy atom. The number of urea groups is 1. The number of aromatic nitrogens is 3. The average Bonchev–Trinajstić information content (AvgIpc) is 2.87. The molecule has 1 aliphatic heterocycles. The monoisotopic (exact) mass is 391 g/mol. The Balaban J connectivity index is 1.53. The van der Waals surface area contributed by atoms with Crippen LogP contribution in [-0.2, 0) is 19.4 Å². The number of ether oxygens (including phenoxy) is 1. The summed E-state index contributed by atoms with van der Waals surface area (Å²) in [5.74, 6) is 2.60. The molecule has 0 bridgehead atoms. The Labute approximate surface area is 164 Å². The van der Waals surface area contributed by atoms with Crippen LogP contribution in [-0.4, -0.2) is 33.9 Å². The van der Waals surface area contributed by atoms with Gasteiger partial charge in [-0.3, -0.25) is 0 Å². The van der Waals surface area contributed by atoms with E-state index < -0.39 is 0 Å². The molecule has 0 atom stereocenters. The molecule has 2 N–H and O–H groups in total. The predicted octanol–water partition coefficient (Wildman–Crippen LogP) is 3.81. The molecule has 1 aromatic carbocycles. The SMILES string of the molecule is CCCOc1ccc(Cl)cc1NC(=O)NCCc1nnc2n1CCCCC2. The first kappa shape index (κ1) is 19.5. The molecule has 0 fully saturated rings. The molecule has 3 rings (SSSR count). The molecule has 0 radical (unpaired) electrons. The molecular weight excluding hydrogens is 366 g/mol. The lowest BCUT2D eigenvalue weighted by Gasteiger charge is -2.13. The van der Waals surface area contributed by atoms with Crippen molar-refractivity contribution in [3.63, 3.8) is 0 Å². The highest BCUT2D eigenvalue weighted by Crippen LogP contribution is 2.28. The average molecular weight is 392 g/mol. The molecule has 1 aliphatic rings. The summed E-state index contributed by atoms with van der Waals surface area (Å²) in [6.45, 7) is 4.05. The zero-order valence-corrected chi connectivity index (χ0v) is 16.4. The molecule has 2 amide bonds. The minimum Gasteiger partial charge on any atom is -0.491 e. The van der Waals surface area contributed by atoms with Crippen LogP contribution in [0.4, 0.5) is 10.5 Å². The highest BCUT2D eigenvalue weighted by molar-refractivity contribution is 6.31. The van der Waals surface area contributed by atoms with E-state index in [1.54, 1.807) is 18.2 Å². The number of benzene rings is 1. The third-order valence-electron chi connectivity index (χ3n) is 4.47. The first-order valence-corrected chi connectivity index (χ1v) is 9.93.